The van der Waals surface area contributed by atoms with Gasteiger partial charge in [0.2, 0.25) is 0 Å². The second kappa shape index (κ2) is 11.6. The Labute approximate surface area is 219 Å². The minimum absolute atomic E-state index is 0.00483. The number of carbonyl (C=O) groups excluding carboxylic acids is 2. The minimum Gasteiger partial charge on any atom is -0.493 e. The first-order chi connectivity index (χ1) is 18.4. The van der Waals surface area contributed by atoms with Gasteiger partial charge >= 0.3 is 5.97 Å². The van der Waals surface area contributed by atoms with Gasteiger partial charge in [0.15, 0.2) is 11.5 Å². The summed E-state index contributed by atoms with van der Waals surface area (Å²) < 4.78 is 22.0. The Balaban J connectivity index is 1.68. The van der Waals surface area contributed by atoms with E-state index in [4.69, 9.17) is 18.9 Å². The highest BCUT2D eigenvalue weighted by Gasteiger charge is 2.35. The van der Waals surface area contributed by atoms with Gasteiger partial charge in [0.05, 0.1) is 37.4 Å². The summed E-state index contributed by atoms with van der Waals surface area (Å²) >= 11 is 0. The van der Waals surface area contributed by atoms with E-state index in [0.717, 1.165) is 11.1 Å². The van der Waals surface area contributed by atoms with Crippen LogP contribution in [0.25, 0.3) is 0 Å². The van der Waals surface area contributed by atoms with Gasteiger partial charge in [0.1, 0.15) is 17.9 Å². The van der Waals surface area contributed by atoms with Gasteiger partial charge in [-0.1, -0.05) is 12.1 Å². The lowest BCUT2D eigenvalue weighted by atomic mass is 9.91. The van der Waals surface area contributed by atoms with Gasteiger partial charge in [-0.3, -0.25) is 14.9 Å². The maximum Gasteiger partial charge on any atom is 0.338 e. The number of benzene rings is 3. The molecule has 10 nitrogen and oxygen atoms in total. The highest BCUT2D eigenvalue weighted by atomic mass is 16.6. The molecule has 0 spiro atoms. The summed E-state index contributed by atoms with van der Waals surface area (Å²) in [6, 6.07) is 15.5. The van der Waals surface area contributed by atoms with Crippen LogP contribution in [0.4, 0.5) is 5.69 Å². The molecular weight excluding hydrogens is 492 g/mol. The molecule has 0 saturated carbocycles. The van der Waals surface area contributed by atoms with Crippen LogP contribution in [0.1, 0.15) is 44.8 Å². The summed E-state index contributed by atoms with van der Waals surface area (Å²) in [4.78, 5) is 38.3. The van der Waals surface area contributed by atoms with E-state index in [2.05, 4.69) is 0 Å². The molecule has 0 aromatic heterocycles. The Hall–Kier alpha value is -4.60. The van der Waals surface area contributed by atoms with Crippen LogP contribution >= 0.6 is 0 Å². The van der Waals surface area contributed by atoms with Crippen LogP contribution in [0.3, 0.4) is 0 Å². The molecule has 0 fully saturated rings. The summed E-state index contributed by atoms with van der Waals surface area (Å²) in [6.07, 6.45) is 0.521. The van der Waals surface area contributed by atoms with E-state index in [0.29, 0.717) is 35.8 Å². The van der Waals surface area contributed by atoms with E-state index in [1.165, 1.54) is 25.3 Å². The van der Waals surface area contributed by atoms with Gasteiger partial charge in [-0.2, -0.15) is 0 Å². The summed E-state index contributed by atoms with van der Waals surface area (Å²) in [6.45, 7) is 2.39. The molecule has 10 heteroatoms. The first-order valence-corrected chi connectivity index (χ1v) is 12.1. The molecule has 1 atom stereocenters. The van der Waals surface area contributed by atoms with Gasteiger partial charge < -0.3 is 23.8 Å². The van der Waals surface area contributed by atoms with Crippen LogP contribution in [0.5, 0.6) is 17.2 Å². The third-order valence-electron chi connectivity index (χ3n) is 6.37. The summed E-state index contributed by atoms with van der Waals surface area (Å²) in [5.41, 5.74) is 1.90. The number of ether oxygens (including phenoxy) is 4. The number of amides is 1. The van der Waals surface area contributed by atoms with E-state index in [-0.39, 0.29) is 24.5 Å². The van der Waals surface area contributed by atoms with Crippen molar-refractivity contribution in [1.82, 2.24) is 4.90 Å². The van der Waals surface area contributed by atoms with E-state index in [9.17, 15) is 19.7 Å². The zero-order chi connectivity index (χ0) is 27.2. The molecule has 0 radical (unpaired) electrons. The predicted molar refractivity (Wildman–Crippen MR) is 138 cm³/mol. The number of hydrogen-bond acceptors (Lipinski definition) is 8. The number of methoxy groups -OCH3 is 2. The SMILES string of the molecule is CCOC(=O)c1ccc(OC[C@H]2c3cc(OC)c(OC)cc3CCN2C(=O)c2ccccc2[N+](=O)[O-])cc1. The minimum atomic E-state index is -0.574. The number of rotatable bonds is 9. The molecule has 0 bridgehead atoms. The van der Waals surface area contributed by atoms with Gasteiger partial charge in [-0.25, -0.2) is 4.79 Å². The molecule has 198 valence electrons. The molecule has 0 N–H and O–H groups in total. The molecule has 0 aliphatic carbocycles. The largest absolute Gasteiger partial charge is 0.493 e. The van der Waals surface area contributed by atoms with Crippen molar-refractivity contribution in [1.29, 1.82) is 0 Å². The lowest BCUT2D eigenvalue weighted by molar-refractivity contribution is -0.385. The second-order valence-corrected chi connectivity index (χ2v) is 8.50. The lowest BCUT2D eigenvalue weighted by Gasteiger charge is -2.37. The van der Waals surface area contributed by atoms with Crippen molar-refractivity contribution in [2.24, 2.45) is 0 Å². The van der Waals surface area contributed by atoms with Gasteiger partial charge in [-0.05, 0) is 66.9 Å². The average molecular weight is 521 g/mol. The molecule has 1 aliphatic heterocycles. The molecule has 38 heavy (non-hydrogen) atoms. The summed E-state index contributed by atoms with van der Waals surface area (Å²) in [7, 11) is 3.08. The van der Waals surface area contributed by atoms with Crippen molar-refractivity contribution < 1.29 is 33.5 Å². The third kappa shape index (κ3) is 5.39. The fourth-order valence-corrected chi connectivity index (χ4v) is 4.50. The Morgan fingerprint density at radius 2 is 1.71 bits per heavy atom. The molecular formula is C28H28N2O8. The molecule has 1 amide bonds. The Morgan fingerprint density at radius 3 is 2.37 bits per heavy atom. The number of hydrogen-bond donors (Lipinski definition) is 0. The van der Waals surface area contributed by atoms with Gasteiger partial charge in [0.25, 0.3) is 11.6 Å². The Kier molecular flexibility index (Phi) is 8.10. The van der Waals surface area contributed by atoms with E-state index in [1.54, 1.807) is 49.3 Å². The van der Waals surface area contributed by atoms with Crippen LogP contribution in [-0.4, -0.2) is 55.7 Å². The third-order valence-corrected chi connectivity index (χ3v) is 6.37. The zero-order valence-corrected chi connectivity index (χ0v) is 21.3. The first-order valence-electron chi connectivity index (χ1n) is 12.1. The highest BCUT2D eigenvalue weighted by molar-refractivity contribution is 5.98. The monoisotopic (exact) mass is 520 g/mol. The smallest absolute Gasteiger partial charge is 0.338 e. The van der Waals surface area contributed by atoms with Crippen molar-refractivity contribution >= 4 is 17.6 Å². The average Bonchev–Trinajstić information content (AvgIpc) is 2.94. The standard InChI is InChI=1S/C28H28N2O8/c1-4-37-28(32)18-9-11-20(12-10-18)38-17-24-22-16-26(36-3)25(35-2)15-19(22)13-14-29(24)27(31)21-7-5-6-8-23(21)30(33)34/h5-12,15-16,24H,4,13-14,17H2,1-3H3/t24-/m0/s1. The maximum absolute atomic E-state index is 13.7. The maximum atomic E-state index is 13.7. The quantitative estimate of drug-likeness (QED) is 0.228. The molecule has 3 aromatic rings. The highest BCUT2D eigenvalue weighted by Crippen LogP contribution is 2.39. The predicted octanol–water partition coefficient (Wildman–Crippen LogP) is 4.61. The molecule has 1 aliphatic rings. The zero-order valence-electron chi connectivity index (χ0n) is 21.3. The van der Waals surface area contributed by atoms with Crippen LogP contribution in [0, 0.1) is 10.1 Å². The van der Waals surface area contributed by atoms with Crippen LogP contribution < -0.4 is 14.2 Å². The van der Waals surface area contributed by atoms with Crippen LogP contribution in [0.2, 0.25) is 0 Å². The number of carbonyl (C=O) groups is 2. The normalized spacial score (nSPS) is 14.3. The van der Waals surface area contributed by atoms with E-state index < -0.39 is 22.8 Å². The molecule has 1 heterocycles. The number of para-hydroxylation sites is 1. The number of nitro groups is 1. The Bertz CT molecular complexity index is 1340. The number of esters is 1. The molecule has 0 unspecified atom stereocenters. The second-order valence-electron chi connectivity index (χ2n) is 8.50. The fourth-order valence-electron chi connectivity index (χ4n) is 4.50. The first kappa shape index (κ1) is 26.5. The molecule has 4 rings (SSSR count). The van der Waals surface area contributed by atoms with Crippen molar-refractivity contribution in [2.75, 3.05) is 34.0 Å². The molecule has 0 saturated heterocycles. The summed E-state index contributed by atoms with van der Waals surface area (Å²) in [5.74, 6) is 0.657. The fraction of sp³-hybridized carbons (Fsp3) is 0.286. The van der Waals surface area contributed by atoms with E-state index >= 15 is 0 Å². The number of nitrogens with zero attached hydrogens (tertiary/aromatic N) is 2. The van der Waals surface area contributed by atoms with Crippen molar-refractivity contribution in [3.8, 4) is 17.2 Å². The lowest BCUT2D eigenvalue weighted by Crippen LogP contribution is -2.42. The molecule has 3 aromatic carbocycles. The number of nitro benzene ring substituents is 1. The van der Waals surface area contributed by atoms with E-state index in [1.807, 2.05) is 12.1 Å². The van der Waals surface area contributed by atoms with Crippen LogP contribution in [0.15, 0.2) is 60.7 Å². The van der Waals surface area contributed by atoms with Gasteiger partial charge in [-0.15, -0.1) is 0 Å². The summed E-state index contributed by atoms with van der Waals surface area (Å²) in [5, 5.41) is 11.6. The van der Waals surface area contributed by atoms with Crippen molar-refractivity contribution in [2.45, 2.75) is 19.4 Å². The Morgan fingerprint density at radius 1 is 1.03 bits per heavy atom. The number of fused-ring (bicyclic) bond motifs is 1. The topological polar surface area (TPSA) is 117 Å². The van der Waals surface area contributed by atoms with Crippen molar-refractivity contribution in [3.05, 3.63) is 93.0 Å². The van der Waals surface area contributed by atoms with Crippen molar-refractivity contribution in [3.63, 3.8) is 0 Å². The van der Waals surface area contributed by atoms with Crippen LogP contribution in [-0.2, 0) is 11.2 Å². The van der Waals surface area contributed by atoms with Gasteiger partial charge in [0, 0.05) is 12.6 Å².